The van der Waals surface area contributed by atoms with Gasteiger partial charge in [0.25, 0.3) is 0 Å². The number of hydrogen-bond donors (Lipinski definition) is 0. The molecule has 0 amide bonds. The molecule has 1 aliphatic rings. The molecule has 160 valence electrons. The number of carbonyl (C=O) groups is 1. The topological polar surface area (TPSA) is 44.8 Å². The fourth-order valence-electron chi connectivity index (χ4n) is 3.66. The van der Waals surface area contributed by atoms with Gasteiger partial charge in [0.2, 0.25) is 0 Å². The Labute approximate surface area is 179 Å². The van der Waals surface area contributed by atoms with Crippen molar-refractivity contribution in [2.45, 2.75) is 58.7 Å². The van der Waals surface area contributed by atoms with Crippen molar-refractivity contribution >= 4 is 11.7 Å². The predicted molar refractivity (Wildman–Crippen MR) is 119 cm³/mol. The van der Waals surface area contributed by atoms with E-state index in [2.05, 4.69) is 18.7 Å². The number of esters is 1. The zero-order chi connectivity index (χ0) is 21.7. The quantitative estimate of drug-likeness (QED) is 0.348. The highest BCUT2D eigenvalue weighted by Crippen LogP contribution is 2.29. The standard InChI is InChI=1S/C26H32O4/c1-18(28-5)20-8-6-19(7-9-20)17-29-24-15-14-21-10-11-22(12-13-23(21)16-24)25(27)30-26(2,3)4/h6-9,14-16,22H,1,10-13,17H2,2-5H3. The van der Waals surface area contributed by atoms with Crippen LogP contribution in [0.1, 0.15) is 55.9 Å². The molecular formula is C26H32O4. The Morgan fingerprint density at radius 1 is 1.03 bits per heavy atom. The lowest BCUT2D eigenvalue weighted by atomic mass is 9.99. The normalized spacial score (nSPS) is 16.2. The number of carbonyl (C=O) groups excluding carboxylic acids is 1. The third-order valence-electron chi connectivity index (χ3n) is 5.37. The van der Waals surface area contributed by atoms with Crippen molar-refractivity contribution in [2.75, 3.05) is 7.11 Å². The molecule has 4 heteroatoms. The van der Waals surface area contributed by atoms with Crippen LogP contribution >= 0.6 is 0 Å². The fourth-order valence-corrected chi connectivity index (χ4v) is 3.66. The molecule has 4 nitrogen and oxygen atoms in total. The molecule has 1 aliphatic carbocycles. The minimum absolute atomic E-state index is 0.0404. The monoisotopic (exact) mass is 408 g/mol. The van der Waals surface area contributed by atoms with Crippen LogP contribution in [0, 0.1) is 5.92 Å². The van der Waals surface area contributed by atoms with Crippen LogP contribution in [0.5, 0.6) is 5.75 Å². The van der Waals surface area contributed by atoms with E-state index in [9.17, 15) is 4.79 Å². The van der Waals surface area contributed by atoms with Gasteiger partial charge >= 0.3 is 5.97 Å². The van der Waals surface area contributed by atoms with Crippen molar-refractivity contribution in [1.29, 1.82) is 0 Å². The molecule has 0 saturated carbocycles. The van der Waals surface area contributed by atoms with Crippen molar-refractivity contribution in [3.8, 4) is 5.75 Å². The van der Waals surface area contributed by atoms with Crippen LogP contribution < -0.4 is 4.74 Å². The summed E-state index contributed by atoms with van der Waals surface area (Å²) in [7, 11) is 1.62. The lowest BCUT2D eigenvalue weighted by Crippen LogP contribution is -2.28. The van der Waals surface area contributed by atoms with E-state index < -0.39 is 5.60 Å². The first-order chi connectivity index (χ1) is 14.2. The molecule has 0 N–H and O–H groups in total. The van der Waals surface area contributed by atoms with E-state index in [1.54, 1.807) is 7.11 Å². The van der Waals surface area contributed by atoms with Crippen LogP contribution in [0.4, 0.5) is 0 Å². The Morgan fingerprint density at radius 3 is 2.33 bits per heavy atom. The molecule has 2 aromatic rings. The van der Waals surface area contributed by atoms with Crippen LogP contribution in [0.2, 0.25) is 0 Å². The van der Waals surface area contributed by atoms with E-state index in [4.69, 9.17) is 14.2 Å². The Kier molecular flexibility index (Phi) is 6.86. The molecule has 1 unspecified atom stereocenters. The average Bonchev–Trinajstić information content (AvgIpc) is 2.93. The van der Waals surface area contributed by atoms with Crippen molar-refractivity contribution in [3.05, 3.63) is 71.3 Å². The highest BCUT2D eigenvalue weighted by molar-refractivity contribution is 5.73. The number of hydrogen-bond acceptors (Lipinski definition) is 4. The molecule has 0 radical (unpaired) electrons. The Morgan fingerprint density at radius 2 is 1.70 bits per heavy atom. The summed E-state index contributed by atoms with van der Waals surface area (Å²) in [5.74, 6) is 1.39. The number of aryl methyl sites for hydroxylation is 2. The molecule has 0 heterocycles. The van der Waals surface area contributed by atoms with E-state index in [0.29, 0.717) is 12.4 Å². The summed E-state index contributed by atoms with van der Waals surface area (Å²) in [6, 6.07) is 14.3. The van der Waals surface area contributed by atoms with Gasteiger partial charge in [-0.1, -0.05) is 36.9 Å². The maximum atomic E-state index is 12.5. The molecule has 30 heavy (non-hydrogen) atoms. The number of methoxy groups -OCH3 is 1. The maximum Gasteiger partial charge on any atom is 0.309 e. The van der Waals surface area contributed by atoms with E-state index in [1.165, 1.54) is 11.1 Å². The smallest absolute Gasteiger partial charge is 0.309 e. The highest BCUT2D eigenvalue weighted by Gasteiger charge is 2.27. The van der Waals surface area contributed by atoms with Crippen molar-refractivity contribution in [1.82, 2.24) is 0 Å². The molecule has 0 fully saturated rings. The summed E-state index contributed by atoms with van der Waals surface area (Å²) in [5.41, 5.74) is 4.18. The minimum atomic E-state index is -0.438. The van der Waals surface area contributed by atoms with Crippen LogP contribution in [0.15, 0.2) is 49.0 Å². The van der Waals surface area contributed by atoms with Gasteiger partial charge < -0.3 is 14.2 Å². The molecule has 0 saturated heterocycles. The number of rotatable bonds is 6. The predicted octanol–water partition coefficient (Wildman–Crippen LogP) is 5.72. The summed E-state index contributed by atoms with van der Waals surface area (Å²) in [6.45, 7) is 10.1. The van der Waals surface area contributed by atoms with Crippen molar-refractivity contribution in [3.63, 3.8) is 0 Å². The third-order valence-corrected chi connectivity index (χ3v) is 5.37. The van der Waals surface area contributed by atoms with Crippen LogP contribution in [0.25, 0.3) is 5.76 Å². The molecule has 0 aliphatic heterocycles. The molecule has 0 aromatic heterocycles. The molecular weight excluding hydrogens is 376 g/mol. The summed E-state index contributed by atoms with van der Waals surface area (Å²) in [6.07, 6.45) is 3.41. The van der Waals surface area contributed by atoms with Gasteiger partial charge in [0, 0.05) is 5.56 Å². The molecule has 0 bridgehead atoms. The van der Waals surface area contributed by atoms with Crippen molar-refractivity contribution < 1.29 is 19.0 Å². The Hall–Kier alpha value is -2.75. The lowest BCUT2D eigenvalue weighted by Gasteiger charge is -2.23. The summed E-state index contributed by atoms with van der Waals surface area (Å²) >= 11 is 0. The molecule has 2 aromatic carbocycles. The Bertz CT molecular complexity index is 890. The van der Waals surface area contributed by atoms with E-state index in [0.717, 1.165) is 42.6 Å². The largest absolute Gasteiger partial charge is 0.497 e. The first kappa shape index (κ1) is 21.9. The van der Waals surface area contributed by atoms with Gasteiger partial charge in [0.05, 0.1) is 13.0 Å². The van der Waals surface area contributed by atoms with Crippen LogP contribution in [0.3, 0.4) is 0 Å². The highest BCUT2D eigenvalue weighted by atomic mass is 16.6. The van der Waals surface area contributed by atoms with Gasteiger partial charge in [-0.05, 0) is 75.3 Å². The summed E-state index contributed by atoms with van der Waals surface area (Å²) < 4.78 is 16.8. The van der Waals surface area contributed by atoms with Gasteiger partial charge in [-0.3, -0.25) is 4.79 Å². The van der Waals surface area contributed by atoms with Crippen LogP contribution in [-0.2, 0) is 33.7 Å². The second kappa shape index (κ2) is 9.38. The first-order valence-corrected chi connectivity index (χ1v) is 10.5. The van der Waals surface area contributed by atoms with Crippen molar-refractivity contribution in [2.24, 2.45) is 5.92 Å². The Balaban J connectivity index is 1.60. The second-order valence-electron chi connectivity index (χ2n) is 8.85. The van der Waals surface area contributed by atoms with Gasteiger partial charge in [-0.15, -0.1) is 0 Å². The van der Waals surface area contributed by atoms with E-state index in [1.807, 2.05) is 51.1 Å². The minimum Gasteiger partial charge on any atom is -0.497 e. The maximum absolute atomic E-state index is 12.5. The van der Waals surface area contributed by atoms with E-state index in [-0.39, 0.29) is 11.9 Å². The third kappa shape index (κ3) is 5.88. The first-order valence-electron chi connectivity index (χ1n) is 10.5. The number of fused-ring (bicyclic) bond motifs is 1. The zero-order valence-corrected chi connectivity index (χ0v) is 18.5. The van der Waals surface area contributed by atoms with Crippen LogP contribution in [-0.4, -0.2) is 18.7 Å². The number of benzene rings is 2. The summed E-state index contributed by atoms with van der Waals surface area (Å²) in [5, 5.41) is 0. The molecule has 0 spiro atoms. The second-order valence-corrected chi connectivity index (χ2v) is 8.85. The SMILES string of the molecule is C=C(OC)c1ccc(COc2ccc3c(c2)CCC(C(=O)OC(C)(C)C)CC3)cc1. The average molecular weight is 409 g/mol. The van der Waals surface area contributed by atoms with Gasteiger partial charge in [0.1, 0.15) is 23.7 Å². The lowest BCUT2D eigenvalue weighted by molar-refractivity contribution is -0.160. The van der Waals surface area contributed by atoms with Gasteiger partial charge in [-0.2, -0.15) is 0 Å². The van der Waals surface area contributed by atoms with Gasteiger partial charge in [0.15, 0.2) is 0 Å². The van der Waals surface area contributed by atoms with Gasteiger partial charge in [-0.25, -0.2) is 0 Å². The molecule has 3 rings (SSSR count). The summed E-state index contributed by atoms with van der Waals surface area (Å²) in [4.78, 5) is 12.5. The molecule has 1 atom stereocenters. The van der Waals surface area contributed by atoms with E-state index >= 15 is 0 Å². The fraction of sp³-hybridized carbons (Fsp3) is 0.423. The zero-order valence-electron chi connectivity index (χ0n) is 18.5. The number of ether oxygens (including phenoxy) is 3.